The average molecular weight is 349 g/mol. The summed E-state index contributed by atoms with van der Waals surface area (Å²) in [6, 6.07) is 5.74. The van der Waals surface area contributed by atoms with E-state index in [0.717, 1.165) is 17.3 Å². The summed E-state index contributed by atoms with van der Waals surface area (Å²) in [5.74, 6) is -0.806. The number of fused-ring (bicyclic) bond motifs is 1. The lowest BCUT2D eigenvalue weighted by Crippen LogP contribution is -2.25. The molecule has 1 aliphatic heterocycles. The number of rotatable bonds is 3. The van der Waals surface area contributed by atoms with Crippen LogP contribution in [0.3, 0.4) is 0 Å². The maximum atomic E-state index is 12.7. The number of aromatic amines is 1. The van der Waals surface area contributed by atoms with Gasteiger partial charge < -0.3 is 9.64 Å². The van der Waals surface area contributed by atoms with Crippen LogP contribution in [0.25, 0.3) is 0 Å². The minimum atomic E-state index is -3.85. The van der Waals surface area contributed by atoms with E-state index in [0.29, 0.717) is 13.0 Å². The molecule has 0 saturated carbocycles. The van der Waals surface area contributed by atoms with Gasteiger partial charge in [-0.1, -0.05) is 0 Å². The first-order valence-electron chi connectivity index (χ1n) is 7.14. The molecule has 0 bridgehead atoms. The first kappa shape index (κ1) is 16.2. The first-order valence-corrected chi connectivity index (χ1v) is 8.62. The van der Waals surface area contributed by atoms with Gasteiger partial charge in [0.2, 0.25) is 15.7 Å². The fraction of sp³-hybridized carbons (Fsp3) is 0.267. The van der Waals surface area contributed by atoms with E-state index in [4.69, 9.17) is 0 Å². The molecule has 1 aromatic carbocycles. The van der Waals surface area contributed by atoms with E-state index >= 15 is 0 Å². The summed E-state index contributed by atoms with van der Waals surface area (Å²) in [6.45, 7) is 2.00. The highest BCUT2D eigenvalue weighted by Gasteiger charge is 2.27. The van der Waals surface area contributed by atoms with E-state index in [1.165, 1.54) is 20.1 Å². The smallest absolute Gasteiger partial charge is 0.358 e. The molecule has 0 radical (unpaired) electrons. The highest BCUT2D eigenvalue weighted by molar-refractivity contribution is 7.91. The van der Waals surface area contributed by atoms with Crippen LogP contribution in [0.1, 0.15) is 23.0 Å². The van der Waals surface area contributed by atoms with E-state index in [-0.39, 0.29) is 21.5 Å². The molecule has 0 saturated heterocycles. The topological polar surface area (TPSA) is 109 Å². The largest absolute Gasteiger partial charge is 0.464 e. The maximum Gasteiger partial charge on any atom is 0.358 e. The molecule has 126 valence electrons. The number of esters is 1. The lowest BCUT2D eigenvalue weighted by atomic mass is 10.2. The Kier molecular flexibility index (Phi) is 3.88. The summed E-state index contributed by atoms with van der Waals surface area (Å²) >= 11 is 0. The number of carbonyl (C=O) groups excluding carboxylic acids is 2. The van der Waals surface area contributed by atoms with E-state index in [1.54, 1.807) is 17.0 Å². The van der Waals surface area contributed by atoms with Crippen molar-refractivity contribution in [2.24, 2.45) is 0 Å². The van der Waals surface area contributed by atoms with Crippen molar-refractivity contribution < 1.29 is 22.7 Å². The number of ether oxygens (including phenoxy) is 1. The Balaban J connectivity index is 1.98. The second kappa shape index (κ2) is 5.75. The number of methoxy groups -OCH3 is 1. The number of aromatic nitrogens is 2. The molecule has 0 atom stereocenters. The lowest BCUT2D eigenvalue weighted by Gasteiger charge is -2.14. The SMILES string of the molecule is COC(=O)c1cc(S(=O)(=O)c2ccc3c(c2)CCN3C(C)=O)[nH]n1. The van der Waals surface area contributed by atoms with Gasteiger partial charge in [0.1, 0.15) is 0 Å². The van der Waals surface area contributed by atoms with Crippen molar-refractivity contribution in [3.63, 3.8) is 0 Å². The molecular weight excluding hydrogens is 334 g/mol. The van der Waals surface area contributed by atoms with Crippen molar-refractivity contribution in [3.05, 3.63) is 35.5 Å². The maximum absolute atomic E-state index is 12.7. The second-order valence-electron chi connectivity index (χ2n) is 5.32. The Morgan fingerprint density at radius 2 is 2.04 bits per heavy atom. The van der Waals surface area contributed by atoms with E-state index in [2.05, 4.69) is 14.9 Å². The molecule has 1 aromatic heterocycles. The summed E-state index contributed by atoms with van der Waals surface area (Å²) < 4.78 is 29.8. The van der Waals surface area contributed by atoms with Crippen LogP contribution >= 0.6 is 0 Å². The zero-order chi connectivity index (χ0) is 17.5. The van der Waals surface area contributed by atoms with Crippen LogP contribution in [0.15, 0.2) is 34.2 Å². The fourth-order valence-electron chi connectivity index (χ4n) is 2.65. The molecule has 1 N–H and O–H groups in total. The number of carbonyl (C=O) groups is 2. The van der Waals surface area contributed by atoms with Gasteiger partial charge in [0.15, 0.2) is 10.7 Å². The molecule has 1 aliphatic rings. The highest BCUT2D eigenvalue weighted by atomic mass is 32.2. The van der Waals surface area contributed by atoms with Gasteiger partial charge in [-0.05, 0) is 30.2 Å². The van der Waals surface area contributed by atoms with Crippen molar-refractivity contribution in [1.82, 2.24) is 10.2 Å². The molecule has 8 nitrogen and oxygen atoms in total. The summed E-state index contributed by atoms with van der Waals surface area (Å²) in [6.07, 6.45) is 0.592. The Bertz CT molecular complexity index is 932. The standard InChI is InChI=1S/C15H15N3O5S/c1-9(19)18-6-5-10-7-11(3-4-13(10)18)24(21,22)14-8-12(16-17-14)15(20)23-2/h3-4,7-8H,5-6H2,1-2H3,(H,16,17). The number of benzene rings is 1. The van der Waals surface area contributed by atoms with Crippen molar-refractivity contribution in [2.45, 2.75) is 23.3 Å². The van der Waals surface area contributed by atoms with Crippen LogP contribution in [-0.2, 0) is 25.8 Å². The van der Waals surface area contributed by atoms with Gasteiger partial charge in [-0.3, -0.25) is 9.89 Å². The zero-order valence-electron chi connectivity index (χ0n) is 13.1. The molecule has 2 aromatic rings. The second-order valence-corrected chi connectivity index (χ2v) is 7.24. The minimum Gasteiger partial charge on any atom is -0.464 e. The number of H-pyrrole nitrogens is 1. The molecule has 0 unspecified atom stereocenters. The highest BCUT2D eigenvalue weighted by Crippen LogP contribution is 2.31. The molecule has 9 heteroatoms. The summed E-state index contributed by atoms with van der Waals surface area (Å²) in [5.41, 5.74) is 1.40. The summed E-state index contributed by atoms with van der Waals surface area (Å²) in [4.78, 5) is 24.6. The third-order valence-electron chi connectivity index (χ3n) is 3.88. The monoisotopic (exact) mass is 349 g/mol. The number of nitrogens with one attached hydrogen (secondary N) is 1. The third kappa shape index (κ3) is 2.56. The molecule has 1 amide bonds. The normalized spacial score (nSPS) is 13.7. The predicted octanol–water partition coefficient (Wildman–Crippen LogP) is 0.938. The predicted molar refractivity (Wildman–Crippen MR) is 83.6 cm³/mol. The van der Waals surface area contributed by atoms with Crippen LogP contribution in [0.4, 0.5) is 5.69 Å². The van der Waals surface area contributed by atoms with Crippen LogP contribution in [0.5, 0.6) is 0 Å². The number of nitrogens with zero attached hydrogens (tertiary/aromatic N) is 2. The van der Waals surface area contributed by atoms with Crippen molar-refractivity contribution >= 4 is 27.4 Å². The molecule has 2 heterocycles. The summed E-state index contributed by atoms with van der Waals surface area (Å²) in [7, 11) is -2.66. The summed E-state index contributed by atoms with van der Waals surface area (Å²) in [5, 5.41) is 5.82. The first-order chi connectivity index (χ1) is 11.3. The van der Waals surface area contributed by atoms with Crippen LogP contribution in [0, 0.1) is 0 Å². The Labute approximate surface area is 138 Å². The number of hydrogen-bond donors (Lipinski definition) is 1. The van der Waals surface area contributed by atoms with Gasteiger partial charge in [-0.15, -0.1) is 0 Å². The molecule has 0 fully saturated rings. The Hall–Kier alpha value is -2.68. The quantitative estimate of drug-likeness (QED) is 0.826. The molecule has 3 rings (SSSR count). The zero-order valence-corrected chi connectivity index (χ0v) is 13.9. The molecule has 0 aliphatic carbocycles. The van der Waals surface area contributed by atoms with Gasteiger partial charge in [0.25, 0.3) is 0 Å². The van der Waals surface area contributed by atoms with Crippen molar-refractivity contribution in [3.8, 4) is 0 Å². The number of hydrogen-bond acceptors (Lipinski definition) is 6. The van der Waals surface area contributed by atoms with E-state index < -0.39 is 15.8 Å². The van der Waals surface area contributed by atoms with Gasteiger partial charge in [-0.25, -0.2) is 13.2 Å². The van der Waals surface area contributed by atoms with Crippen LogP contribution < -0.4 is 4.90 Å². The Morgan fingerprint density at radius 1 is 1.29 bits per heavy atom. The third-order valence-corrected chi connectivity index (χ3v) is 5.54. The minimum absolute atomic E-state index is 0.0757. The van der Waals surface area contributed by atoms with E-state index in [1.807, 2.05) is 0 Å². The van der Waals surface area contributed by atoms with Gasteiger partial charge in [0, 0.05) is 25.2 Å². The molecular formula is C15H15N3O5S. The fourth-order valence-corrected chi connectivity index (χ4v) is 3.88. The molecule has 24 heavy (non-hydrogen) atoms. The van der Waals surface area contributed by atoms with Crippen molar-refractivity contribution in [1.29, 1.82) is 0 Å². The number of sulfone groups is 1. The van der Waals surface area contributed by atoms with Gasteiger partial charge in [-0.2, -0.15) is 5.10 Å². The average Bonchev–Trinajstić information content (AvgIpc) is 3.20. The Morgan fingerprint density at radius 3 is 2.71 bits per heavy atom. The van der Waals surface area contributed by atoms with Crippen LogP contribution in [-0.4, -0.2) is 44.1 Å². The van der Waals surface area contributed by atoms with Gasteiger partial charge >= 0.3 is 5.97 Å². The number of amides is 1. The molecule has 0 spiro atoms. The van der Waals surface area contributed by atoms with Gasteiger partial charge in [0.05, 0.1) is 12.0 Å². The van der Waals surface area contributed by atoms with E-state index in [9.17, 15) is 18.0 Å². The number of anilines is 1. The van der Waals surface area contributed by atoms with Crippen LogP contribution in [0.2, 0.25) is 0 Å². The van der Waals surface area contributed by atoms with Crippen molar-refractivity contribution in [2.75, 3.05) is 18.6 Å². The lowest BCUT2D eigenvalue weighted by molar-refractivity contribution is -0.116.